The van der Waals surface area contributed by atoms with E-state index in [1.807, 2.05) is 18.2 Å². The van der Waals surface area contributed by atoms with Gasteiger partial charge in [-0.25, -0.2) is 13.1 Å². The highest BCUT2D eigenvalue weighted by atomic mass is 32.2. The summed E-state index contributed by atoms with van der Waals surface area (Å²) in [5.41, 5.74) is 2.84. The Morgan fingerprint density at radius 2 is 1.90 bits per heavy atom. The molecule has 29 heavy (non-hydrogen) atoms. The van der Waals surface area contributed by atoms with Crippen molar-refractivity contribution >= 4 is 21.6 Å². The van der Waals surface area contributed by atoms with E-state index in [0.717, 1.165) is 38.0 Å². The van der Waals surface area contributed by atoms with Crippen LogP contribution in [0.15, 0.2) is 53.4 Å². The summed E-state index contributed by atoms with van der Waals surface area (Å²) in [6.07, 6.45) is 2.62. The first-order chi connectivity index (χ1) is 14.0. The highest BCUT2D eigenvalue weighted by molar-refractivity contribution is 7.89. The fourth-order valence-corrected chi connectivity index (χ4v) is 4.63. The third kappa shape index (κ3) is 6.13. The Labute approximate surface area is 173 Å². The van der Waals surface area contributed by atoms with Crippen molar-refractivity contribution in [2.24, 2.45) is 0 Å². The molecule has 0 bridgehead atoms. The molecule has 3 rings (SSSR count). The van der Waals surface area contributed by atoms with Crippen LogP contribution in [0.3, 0.4) is 0 Å². The van der Waals surface area contributed by atoms with E-state index in [4.69, 9.17) is 0 Å². The second-order valence-corrected chi connectivity index (χ2v) is 9.09. The van der Waals surface area contributed by atoms with E-state index in [1.165, 1.54) is 5.56 Å². The largest absolute Gasteiger partial charge is 0.326 e. The standard InChI is InChI=1S/C22H29N3O3S/c1-2-25(17-18-8-4-3-5-9-18)15-7-14-23-29(27,28)20-12-13-21-19(16-20)10-6-11-22(26)24-21/h3-5,8-9,12-13,16,23H,2,6-7,10-11,14-15,17H2,1H3,(H,24,26). The van der Waals surface area contributed by atoms with E-state index < -0.39 is 10.0 Å². The van der Waals surface area contributed by atoms with E-state index in [9.17, 15) is 13.2 Å². The fraction of sp³-hybridized carbons (Fsp3) is 0.409. The first-order valence-corrected chi connectivity index (χ1v) is 11.6. The number of nitrogens with zero attached hydrogens (tertiary/aromatic N) is 1. The molecule has 2 aromatic carbocycles. The van der Waals surface area contributed by atoms with Crippen molar-refractivity contribution in [3.05, 3.63) is 59.7 Å². The molecule has 1 aliphatic rings. The minimum absolute atomic E-state index is 0.0199. The molecule has 0 spiro atoms. The van der Waals surface area contributed by atoms with Gasteiger partial charge in [-0.1, -0.05) is 37.3 Å². The normalized spacial score (nSPS) is 14.3. The Balaban J connectivity index is 1.53. The van der Waals surface area contributed by atoms with Crippen molar-refractivity contribution in [1.82, 2.24) is 9.62 Å². The molecule has 0 atom stereocenters. The maximum absolute atomic E-state index is 12.7. The van der Waals surface area contributed by atoms with Crippen molar-refractivity contribution in [2.45, 2.75) is 44.0 Å². The predicted molar refractivity (Wildman–Crippen MR) is 115 cm³/mol. The lowest BCUT2D eigenvalue weighted by Gasteiger charge is -2.20. The van der Waals surface area contributed by atoms with Gasteiger partial charge >= 0.3 is 0 Å². The molecule has 6 nitrogen and oxygen atoms in total. The molecule has 0 fully saturated rings. The molecule has 0 saturated heterocycles. The lowest BCUT2D eigenvalue weighted by atomic mass is 10.1. The Morgan fingerprint density at radius 1 is 1.10 bits per heavy atom. The van der Waals surface area contributed by atoms with Crippen LogP contribution in [0.5, 0.6) is 0 Å². The number of benzene rings is 2. The lowest BCUT2D eigenvalue weighted by Crippen LogP contribution is -2.30. The lowest BCUT2D eigenvalue weighted by molar-refractivity contribution is -0.116. The summed E-state index contributed by atoms with van der Waals surface area (Å²) in [7, 11) is -3.56. The summed E-state index contributed by atoms with van der Waals surface area (Å²) in [5.74, 6) is -0.0199. The zero-order chi connectivity index (χ0) is 20.7. The first-order valence-electron chi connectivity index (χ1n) is 10.2. The fourth-order valence-electron chi connectivity index (χ4n) is 3.50. The highest BCUT2D eigenvalue weighted by Crippen LogP contribution is 2.25. The average molecular weight is 416 g/mol. The number of fused-ring (bicyclic) bond motifs is 1. The van der Waals surface area contributed by atoms with Crippen molar-refractivity contribution in [2.75, 3.05) is 25.0 Å². The van der Waals surface area contributed by atoms with Crippen LogP contribution < -0.4 is 10.0 Å². The highest BCUT2D eigenvalue weighted by Gasteiger charge is 2.18. The van der Waals surface area contributed by atoms with Crippen molar-refractivity contribution < 1.29 is 13.2 Å². The van der Waals surface area contributed by atoms with Gasteiger partial charge in [0.05, 0.1) is 4.90 Å². The summed E-state index contributed by atoms with van der Waals surface area (Å²) in [6, 6.07) is 15.2. The molecule has 7 heteroatoms. The summed E-state index contributed by atoms with van der Waals surface area (Å²) in [6.45, 7) is 5.10. The Kier molecular flexibility index (Phi) is 7.41. The number of rotatable bonds is 9. The summed E-state index contributed by atoms with van der Waals surface area (Å²) < 4.78 is 28.0. The van der Waals surface area contributed by atoms with Gasteiger partial charge in [-0.2, -0.15) is 0 Å². The number of hydrogen-bond acceptors (Lipinski definition) is 4. The Morgan fingerprint density at radius 3 is 2.66 bits per heavy atom. The van der Waals surface area contributed by atoms with Crippen LogP contribution in [-0.2, 0) is 27.8 Å². The van der Waals surface area contributed by atoms with Gasteiger partial charge in [-0.15, -0.1) is 0 Å². The van der Waals surface area contributed by atoms with Gasteiger partial charge in [0.15, 0.2) is 0 Å². The molecule has 0 aliphatic carbocycles. The summed E-state index contributed by atoms with van der Waals surface area (Å²) in [4.78, 5) is 14.2. The van der Waals surface area contributed by atoms with E-state index >= 15 is 0 Å². The number of sulfonamides is 1. The maximum Gasteiger partial charge on any atom is 0.240 e. The molecule has 1 aliphatic heterocycles. The number of amides is 1. The molecule has 0 aromatic heterocycles. The molecule has 156 valence electrons. The van der Waals surface area contributed by atoms with E-state index in [0.29, 0.717) is 25.1 Å². The van der Waals surface area contributed by atoms with E-state index in [-0.39, 0.29) is 10.8 Å². The molecule has 0 unspecified atom stereocenters. The van der Waals surface area contributed by atoms with E-state index in [1.54, 1.807) is 18.2 Å². The molecule has 0 saturated carbocycles. The molecule has 2 N–H and O–H groups in total. The SMILES string of the molecule is CCN(CCCNS(=O)(=O)c1ccc2c(c1)CCCC(=O)N2)Cc1ccccc1. The molecule has 0 radical (unpaired) electrons. The second kappa shape index (κ2) is 10.0. The zero-order valence-corrected chi connectivity index (χ0v) is 17.7. The second-order valence-electron chi connectivity index (χ2n) is 7.33. The molecule has 2 aromatic rings. The Hall–Kier alpha value is -2.22. The molecule has 1 heterocycles. The number of nitrogens with one attached hydrogen (secondary N) is 2. The van der Waals surface area contributed by atoms with Crippen LogP contribution in [0.1, 0.15) is 37.3 Å². The van der Waals surface area contributed by atoms with E-state index in [2.05, 4.69) is 34.0 Å². The number of anilines is 1. The van der Waals surface area contributed by atoms with Gasteiger partial charge in [-0.05, 0) is 61.7 Å². The monoisotopic (exact) mass is 415 g/mol. The summed E-state index contributed by atoms with van der Waals surface area (Å²) in [5, 5.41) is 2.83. The van der Waals surface area contributed by atoms with Gasteiger partial charge in [-0.3, -0.25) is 9.69 Å². The third-order valence-corrected chi connectivity index (χ3v) is 6.61. The van der Waals surface area contributed by atoms with Gasteiger partial charge < -0.3 is 5.32 Å². The van der Waals surface area contributed by atoms with Gasteiger partial charge in [0.2, 0.25) is 15.9 Å². The van der Waals surface area contributed by atoms with Crippen molar-refractivity contribution in [1.29, 1.82) is 0 Å². The number of carbonyl (C=O) groups excluding carboxylic acids is 1. The first kappa shape index (κ1) is 21.5. The molecular weight excluding hydrogens is 386 g/mol. The van der Waals surface area contributed by atoms with Crippen molar-refractivity contribution in [3.8, 4) is 0 Å². The number of aryl methyl sites for hydroxylation is 1. The topological polar surface area (TPSA) is 78.5 Å². The predicted octanol–water partition coefficient (Wildman–Crippen LogP) is 3.15. The zero-order valence-electron chi connectivity index (χ0n) is 16.9. The minimum Gasteiger partial charge on any atom is -0.326 e. The third-order valence-electron chi connectivity index (χ3n) is 5.15. The van der Waals surface area contributed by atoms with Crippen molar-refractivity contribution in [3.63, 3.8) is 0 Å². The quantitative estimate of drug-likeness (QED) is 0.617. The Bertz CT molecular complexity index is 930. The average Bonchev–Trinajstić information content (AvgIpc) is 2.90. The number of carbonyl (C=O) groups is 1. The molecular formula is C22H29N3O3S. The maximum atomic E-state index is 12.7. The van der Waals surface area contributed by atoms with Crippen LogP contribution in [0.2, 0.25) is 0 Å². The smallest absolute Gasteiger partial charge is 0.240 e. The van der Waals surface area contributed by atoms with Gasteiger partial charge in [0.25, 0.3) is 0 Å². The molecule has 1 amide bonds. The van der Waals surface area contributed by atoms with Crippen LogP contribution >= 0.6 is 0 Å². The van der Waals surface area contributed by atoms with Gasteiger partial charge in [0, 0.05) is 25.2 Å². The van der Waals surface area contributed by atoms with Gasteiger partial charge in [0.1, 0.15) is 0 Å². The summed E-state index contributed by atoms with van der Waals surface area (Å²) >= 11 is 0. The van der Waals surface area contributed by atoms with Crippen LogP contribution in [0.4, 0.5) is 5.69 Å². The van der Waals surface area contributed by atoms with Crippen LogP contribution in [0.25, 0.3) is 0 Å². The van der Waals surface area contributed by atoms with Crippen LogP contribution in [-0.4, -0.2) is 38.9 Å². The number of hydrogen-bond donors (Lipinski definition) is 2. The van der Waals surface area contributed by atoms with Crippen LogP contribution in [0, 0.1) is 0 Å². The minimum atomic E-state index is -3.56.